The highest BCUT2D eigenvalue weighted by Crippen LogP contribution is 2.23. The van der Waals surface area contributed by atoms with E-state index in [9.17, 15) is 0 Å². The quantitative estimate of drug-likeness (QED) is 0.703. The van der Waals surface area contributed by atoms with Crippen LogP contribution < -0.4 is 10.2 Å². The molecule has 0 saturated heterocycles. The third kappa shape index (κ3) is 4.17. The van der Waals surface area contributed by atoms with Gasteiger partial charge in [-0.3, -0.25) is 0 Å². The molecule has 0 amide bonds. The average molecular weight is 347 g/mol. The van der Waals surface area contributed by atoms with Gasteiger partial charge in [0.15, 0.2) is 5.82 Å². The summed E-state index contributed by atoms with van der Waals surface area (Å²) in [6, 6.07) is 16.8. The van der Waals surface area contributed by atoms with Crippen LogP contribution in [0.25, 0.3) is 0 Å². The lowest BCUT2D eigenvalue weighted by Gasteiger charge is -2.27. The van der Waals surface area contributed by atoms with Crippen LogP contribution in [0.15, 0.2) is 54.7 Å². The molecule has 2 aromatic carbocycles. The molecule has 0 unspecified atom stereocenters. The Morgan fingerprint density at radius 1 is 1.00 bits per heavy atom. The number of aromatic nitrogens is 3. The Kier molecular flexibility index (Phi) is 5.46. The van der Waals surface area contributed by atoms with Crippen LogP contribution in [0.2, 0.25) is 0 Å². The monoisotopic (exact) mass is 347 g/mol. The van der Waals surface area contributed by atoms with Crippen LogP contribution in [-0.4, -0.2) is 21.2 Å². The second-order valence-corrected chi connectivity index (χ2v) is 6.72. The summed E-state index contributed by atoms with van der Waals surface area (Å²) in [6.07, 6.45) is 1.72. The summed E-state index contributed by atoms with van der Waals surface area (Å²) in [4.78, 5) is 6.92. The molecule has 1 N–H and O–H groups in total. The first kappa shape index (κ1) is 17.9. The highest BCUT2D eigenvalue weighted by Gasteiger charge is 2.14. The van der Waals surface area contributed by atoms with E-state index in [1.54, 1.807) is 6.20 Å². The number of aryl methyl sites for hydroxylation is 1. The Labute approximate surface area is 155 Å². The summed E-state index contributed by atoms with van der Waals surface area (Å²) in [6.45, 7) is 9.27. The summed E-state index contributed by atoms with van der Waals surface area (Å²) in [5.74, 6) is 1.32. The van der Waals surface area contributed by atoms with E-state index >= 15 is 0 Å². The molecular weight excluding hydrogens is 322 g/mol. The van der Waals surface area contributed by atoms with E-state index in [0.717, 1.165) is 18.1 Å². The Bertz CT molecular complexity index is 861. The molecule has 0 saturated carbocycles. The van der Waals surface area contributed by atoms with Crippen LogP contribution in [0.3, 0.4) is 0 Å². The van der Waals surface area contributed by atoms with Gasteiger partial charge in [0, 0.05) is 18.3 Å². The van der Waals surface area contributed by atoms with Crippen molar-refractivity contribution in [3.05, 3.63) is 71.4 Å². The fraction of sp³-hybridized carbons (Fsp3) is 0.286. The zero-order valence-corrected chi connectivity index (χ0v) is 15.8. The van der Waals surface area contributed by atoms with Crippen molar-refractivity contribution in [3.63, 3.8) is 0 Å². The largest absolute Gasteiger partial charge is 0.348 e. The number of nitrogens with one attached hydrogen (secondary N) is 1. The van der Waals surface area contributed by atoms with Gasteiger partial charge in [0.05, 0.1) is 6.20 Å². The lowest BCUT2D eigenvalue weighted by atomic mass is 10.1. The summed E-state index contributed by atoms with van der Waals surface area (Å²) >= 11 is 0. The van der Waals surface area contributed by atoms with Crippen molar-refractivity contribution in [2.45, 2.75) is 40.3 Å². The van der Waals surface area contributed by atoms with Gasteiger partial charge >= 0.3 is 0 Å². The SMILES string of the molecule is Cc1cccc(Nc2nncc(N(Cc3ccccc3)C(C)C)n2)c1C. The van der Waals surface area contributed by atoms with Crippen LogP contribution in [0.5, 0.6) is 0 Å². The topological polar surface area (TPSA) is 53.9 Å². The van der Waals surface area contributed by atoms with Gasteiger partial charge in [-0.1, -0.05) is 42.5 Å². The lowest BCUT2D eigenvalue weighted by molar-refractivity contribution is 0.668. The molecule has 0 bridgehead atoms. The average Bonchev–Trinajstić information content (AvgIpc) is 2.64. The van der Waals surface area contributed by atoms with E-state index in [0.29, 0.717) is 12.0 Å². The van der Waals surface area contributed by atoms with E-state index in [2.05, 4.69) is 78.4 Å². The minimum atomic E-state index is 0.292. The van der Waals surface area contributed by atoms with E-state index < -0.39 is 0 Å². The van der Waals surface area contributed by atoms with Gasteiger partial charge in [0.1, 0.15) is 0 Å². The van der Waals surface area contributed by atoms with Crippen molar-refractivity contribution in [3.8, 4) is 0 Å². The number of nitrogens with zero attached hydrogens (tertiary/aromatic N) is 4. The maximum atomic E-state index is 4.70. The van der Waals surface area contributed by atoms with E-state index in [1.165, 1.54) is 16.7 Å². The van der Waals surface area contributed by atoms with Crippen molar-refractivity contribution in [2.75, 3.05) is 10.2 Å². The van der Waals surface area contributed by atoms with Gasteiger partial charge in [0.2, 0.25) is 5.95 Å². The minimum Gasteiger partial charge on any atom is -0.348 e. The van der Waals surface area contributed by atoms with Gasteiger partial charge in [-0.15, -0.1) is 5.10 Å². The molecular formula is C21H25N5. The Morgan fingerprint density at radius 2 is 1.77 bits per heavy atom. The van der Waals surface area contributed by atoms with Crippen LogP contribution >= 0.6 is 0 Å². The molecule has 1 heterocycles. The van der Waals surface area contributed by atoms with Gasteiger partial charge < -0.3 is 10.2 Å². The van der Waals surface area contributed by atoms with Crippen LogP contribution in [0, 0.1) is 13.8 Å². The summed E-state index contributed by atoms with van der Waals surface area (Å²) in [5, 5.41) is 11.6. The molecule has 0 spiro atoms. The van der Waals surface area contributed by atoms with Crippen molar-refractivity contribution in [1.82, 2.24) is 15.2 Å². The molecule has 5 heteroatoms. The molecule has 1 aromatic heterocycles. The van der Waals surface area contributed by atoms with Crippen LogP contribution in [-0.2, 0) is 6.54 Å². The maximum Gasteiger partial charge on any atom is 0.249 e. The fourth-order valence-corrected chi connectivity index (χ4v) is 2.80. The summed E-state index contributed by atoms with van der Waals surface area (Å²) in [5.41, 5.74) is 4.66. The second kappa shape index (κ2) is 7.95. The van der Waals surface area contributed by atoms with Crippen LogP contribution in [0.1, 0.15) is 30.5 Å². The number of anilines is 3. The Balaban J connectivity index is 1.85. The molecule has 0 aliphatic heterocycles. The number of benzene rings is 2. The second-order valence-electron chi connectivity index (χ2n) is 6.72. The van der Waals surface area contributed by atoms with Gasteiger partial charge in [-0.05, 0) is 50.5 Å². The molecule has 26 heavy (non-hydrogen) atoms. The fourth-order valence-electron chi connectivity index (χ4n) is 2.80. The van der Waals surface area contributed by atoms with Gasteiger partial charge in [-0.25, -0.2) is 0 Å². The Morgan fingerprint density at radius 3 is 2.50 bits per heavy atom. The van der Waals surface area contributed by atoms with Crippen molar-refractivity contribution in [2.24, 2.45) is 0 Å². The smallest absolute Gasteiger partial charge is 0.249 e. The standard InChI is InChI=1S/C21H25N5/c1-15(2)26(14-18-10-6-5-7-11-18)20-13-22-25-21(24-20)23-19-12-8-9-16(3)17(19)4/h5-13,15H,14H2,1-4H3,(H,23,24,25). The Hall–Kier alpha value is -2.95. The molecule has 0 aliphatic rings. The van der Waals surface area contributed by atoms with Gasteiger partial charge in [0.25, 0.3) is 0 Å². The third-order valence-electron chi connectivity index (χ3n) is 4.51. The van der Waals surface area contributed by atoms with Crippen molar-refractivity contribution >= 4 is 17.5 Å². The maximum absolute atomic E-state index is 4.70. The van der Waals surface area contributed by atoms with Crippen molar-refractivity contribution < 1.29 is 0 Å². The van der Waals surface area contributed by atoms with E-state index in [-0.39, 0.29) is 0 Å². The third-order valence-corrected chi connectivity index (χ3v) is 4.51. The van der Waals surface area contributed by atoms with Crippen molar-refractivity contribution in [1.29, 1.82) is 0 Å². The van der Waals surface area contributed by atoms with Crippen LogP contribution in [0.4, 0.5) is 17.5 Å². The first-order chi connectivity index (χ1) is 12.5. The zero-order chi connectivity index (χ0) is 18.5. The van der Waals surface area contributed by atoms with E-state index in [1.807, 2.05) is 18.2 Å². The zero-order valence-electron chi connectivity index (χ0n) is 15.8. The molecule has 134 valence electrons. The van der Waals surface area contributed by atoms with Gasteiger partial charge in [-0.2, -0.15) is 10.1 Å². The van der Waals surface area contributed by atoms with E-state index in [4.69, 9.17) is 4.98 Å². The summed E-state index contributed by atoms with van der Waals surface area (Å²) < 4.78 is 0. The number of hydrogen-bond acceptors (Lipinski definition) is 5. The number of hydrogen-bond donors (Lipinski definition) is 1. The first-order valence-corrected chi connectivity index (χ1v) is 8.88. The predicted molar refractivity (Wildman–Crippen MR) is 107 cm³/mol. The molecule has 3 rings (SSSR count). The molecule has 5 nitrogen and oxygen atoms in total. The summed E-state index contributed by atoms with van der Waals surface area (Å²) in [7, 11) is 0. The highest BCUT2D eigenvalue weighted by molar-refractivity contribution is 5.60. The first-order valence-electron chi connectivity index (χ1n) is 8.88. The molecule has 0 radical (unpaired) electrons. The number of rotatable bonds is 6. The lowest BCUT2D eigenvalue weighted by Crippen LogP contribution is -2.31. The molecule has 0 fully saturated rings. The minimum absolute atomic E-state index is 0.292. The molecule has 3 aromatic rings. The predicted octanol–water partition coefficient (Wildman–Crippen LogP) is 4.65. The highest BCUT2D eigenvalue weighted by atomic mass is 15.3. The molecule has 0 aliphatic carbocycles. The molecule has 0 atom stereocenters. The normalized spacial score (nSPS) is 10.8.